The van der Waals surface area contributed by atoms with Gasteiger partial charge in [-0.2, -0.15) is 0 Å². The van der Waals surface area contributed by atoms with Crippen LogP contribution in [0, 0.1) is 6.92 Å². The minimum Gasteiger partial charge on any atom is -0.369 e. The summed E-state index contributed by atoms with van der Waals surface area (Å²) in [4.78, 5) is 13.1. The van der Waals surface area contributed by atoms with Crippen molar-refractivity contribution in [3.63, 3.8) is 0 Å². The summed E-state index contributed by atoms with van der Waals surface area (Å²) < 4.78 is 0. The van der Waals surface area contributed by atoms with Crippen molar-refractivity contribution in [2.24, 2.45) is 5.73 Å². The van der Waals surface area contributed by atoms with Crippen LogP contribution in [0.15, 0.2) is 59.5 Å². The van der Waals surface area contributed by atoms with Crippen molar-refractivity contribution in [2.45, 2.75) is 24.2 Å². The number of aryl methyl sites for hydroxylation is 1. The summed E-state index contributed by atoms with van der Waals surface area (Å²) in [6.07, 6.45) is 0. The Balaban J connectivity index is 2.18. The van der Waals surface area contributed by atoms with Gasteiger partial charge >= 0.3 is 0 Å². The molecule has 20 heavy (non-hydrogen) atoms. The summed E-state index contributed by atoms with van der Waals surface area (Å²) in [7, 11) is 0. The van der Waals surface area contributed by atoms with Crippen LogP contribution in [0.3, 0.4) is 0 Å². The summed E-state index contributed by atoms with van der Waals surface area (Å²) in [5.74, 6) is 0.346. The smallest absolute Gasteiger partial charge is 0.228 e. The van der Waals surface area contributed by atoms with Crippen molar-refractivity contribution in [1.82, 2.24) is 0 Å². The lowest BCUT2D eigenvalue weighted by atomic mass is 9.84. The average molecular weight is 285 g/mol. The van der Waals surface area contributed by atoms with E-state index in [1.807, 2.05) is 37.3 Å². The van der Waals surface area contributed by atoms with E-state index in [0.717, 1.165) is 10.5 Å². The molecule has 0 heterocycles. The summed E-state index contributed by atoms with van der Waals surface area (Å²) in [5, 5.41) is 0. The Morgan fingerprint density at radius 2 is 1.70 bits per heavy atom. The molecule has 0 saturated heterocycles. The molecule has 0 fully saturated rings. The van der Waals surface area contributed by atoms with E-state index in [4.69, 9.17) is 5.73 Å². The van der Waals surface area contributed by atoms with Crippen LogP contribution in [0.1, 0.15) is 18.1 Å². The molecule has 1 unspecified atom stereocenters. The Bertz CT molecular complexity index is 580. The number of carbonyl (C=O) groups excluding carboxylic acids is 1. The first-order valence-corrected chi connectivity index (χ1v) is 7.56. The number of hydrogen-bond donors (Lipinski definition) is 1. The molecule has 2 rings (SSSR count). The van der Waals surface area contributed by atoms with E-state index in [9.17, 15) is 4.79 Å². The second-order valence-corrected chi connectivity index (χ2v) is 6.21. The fourth-order valence-corrected chi connectivity index (χ4v) is 3.06. The van der Waals surface area contributed by atoms with Crippen molar-refractivity contribution in [3.05, 3.63) is 65.7 Å². The van der Waals surface area contributed by atoms with Gasteiger partial charge in [-0.3, -0.25) is 4.79 Å². The molecule has 2 N–H and O–H groups in total. The van der Waals surface area contributed by atoms with Crippen LogP contribution in [0.4, 0.5) is 0 Å². The number of rotatable bonds is 5. The van der Waals surface area contributed by atoms with Gasteiger partial charge in [0.05, 0.1) is 5.41 Å². The van der Waals surface area contributed by atoms with E-state index in [-0.39, 0.29) is 5.91 Å². The maximum absolute atomic E-state index is 11.9. The average Bonchev–Trinajstić information content (AvgIpc) is 2.47. The molecule has 1 atom stereocenters. The van der Waals surface area contributed by atoms with Crippen molar-refractivity contribution < 1.29 is 4.79 Å². The molecule has 3 heteroatoms. The molecule has 1 amide bonds. The molecular formula is C17H19NOS. The Labute approximate surface area is 124 Å². The van der Waals surface area contributed by atoms with E-state index in [1.165, 1.54) is 5.56 Å². The monoisotopic (exact) mass is 285 g/mol. The quantitative estimate of drug-likeness (QED) is 0.854. The standard InChI is InChI=1S/C17H19NOS/c1-13-8-10-15(11-9-13)20-12-17(2,16(18)19)14-6-4-3-5-7-14/h3-11H,12H2,1-2H3,(H2,18,19). The number of carbonyl (C=O) groups is 1. The first-order chi connectivity index (χ1) is 9.52. The largest absolute Gasteiger partial charge is 0.369 e. The maximum Gasteiger partial charge on any atom is 0.228 e. The predicted molar refractivity (Wildman–Crippen MR) is 84.9 cm³/mol. The Kier molecular flexibility index (Phi) is 4.50. The van der Waals surface area contributed by atoms with Crippen molar-refractivity contribution >= 4 is 17.7 Å². The lowest BCUT2D eigenvalue weighted by Crippen LogP contribution is -2.40. The molecule has 0 radical (unpaired) electrons. The molecule has 0 aromatic heterocycles. The van der Waals surface area contributed by atoms with Crippen LogP contribution < -0.4 is 5.73 Å². The number of thioether (sulfide) groups is 1. The first kappa shape index (κ1) is 14.7. The maximum atomic E-state index is 11.9. The number of primary amides is 1. The van der Waals surface area contributed by atoms with Gasteiger partial charge in [0, 0.05) is 10.6 Å². The lowest BCUT2D eigenvalue weighted by Gasteiger charge is -2.26. The van der Waals surface area contributed by atoms with Gasteiger partial charge < -0.3 is 5.73 Å². The van der Waals surface area contributed by atoms with Gasteiger partial charge in [0.25, 0.3) is 0 Å². The SMILES string of the molecule is Cc1ccc(SCC(C)(C(N)=O)c2ccccc2)cc1. The van der Waals surface area contributed by atoms with E-state index in [0.29, 0.717) is 5.75 Å². The molecule has 2 nitrogen and oxygen atoms in total. The fraction of sp³-hybridized carbons (Fsp3) is 0.235. The van der Waals surface area contributed by atoms with Gasteiger partial charge in [0.1, 0.15) is 0 Å². The van der Waals surface area contributed by atoms with Crippen LogP contribution in [0.2, 0.25) is 0 Å². The van der Waals surface area contributed by atoms with E-state index < -0.39 is 5.41 Å². The van der Waals surface area contributed by atoms with Crippen molar-refractivity contribution in [2.75, 3.05) is 5.75 Å². The molecule has 0 saturated carbocycles. The third kappa shape index (κ3) is 3.23. The minimum absolute atomic E-state index is 0.289. The first-order valence-electron chi connectivity index (χ1n) is 6.57. The number of nitrogens with two attached hydrogens (primary N) is 1. The van der Waals surface area contributed by atoms with Crippen LogP contribution in [-0.2, 0) is 10.2 Å². The van der Waals surface area contributed by atoms with Gasteiger partial charge in [-0.15, -0.1) is 11.8 Å². The molecular weight excluding hydrogens is 266 g/mol. The van der Waals surface area contributed by atoms with Gasteiger partial charge in [-0.25, -0.2) is 0 Å². The molecule has 0 aliphatic heterocycles. The fourth-order valence-electron chi connectivity index (χ4n) is 1.96. The zero-order chi connectivity index (χ0) is 14.6. The lowest BCUT2D eigenvalue weighted by molar-refractivity contribution is -0.122. The van der Waals surface area contributed by atoms with Crippen LogP contribution in [-0.4, -0.2) is 11.7 Å². The number of hydrogen-bond acceptors (Lipinski definition) is 2. The van der Waals surface area contributed by atoms with Crippen molar-refractivity contribution in [1.29, 1.82) is 0 Å². The summed E-state index contributed by atoms with van der Waals surface area (Å²) in [6, 6.07) is 18.0. The third-order valence-corrected chi connectivity index (χ3v) is 4.83. The van der Waals surface area contributed by atoms with Crippen LogP contribution >= 0.6 is 11.8 Å². The topological polar surface area (TPSA) is 43.1 Å². The molecule has 2 aromatic carbocycles. The minimum atomic E-state index is -0.656. The summed E-state index contributed by atoms with van der Waals surface area (Å²) in [5.41, 5.74) is 7.18. The van der Waals surface area contributed by atoms with Gasteiger partial charge in [-0.1, -0.05) is 48.0 Å². The zero-order valence-electron chi connectivity index (χ0n) is 11.8. The normalized spacial score (nSPS) is 13.7. The Hall–Kier alpha value is -1.74. The van der Waals surface area contributed by atoms with Gasteiger partial charge in [0.2, 0.25) is 5.91 Å². The molecule has 0 aliphatic carbocycles. The number of benzene rings is 2. The number of amides is 1. The summed E-state index contributed by atoms with van der Waals surface area (Å²) >= 11 is 1.66. The predicted octanol–water partition coefficient (Wildman–Crippen LogP) is 3.53. The Morgan fingerprint density at radius 3 is 2.25 bits per heavy atom. The van der Waals surface area contributed by atoms with E-state index >= 15 is 0 Å². The second-order valence-electron chi connectivity index (χ2n) is 5.16. The summed E-state index contributed by atoms with van der Waals surface area (Å²) in [6.45, 7) is 3.97. The van der Waals surface area contributed by atoms with Crippen molar-refractivity contribution in [3.8, 4) is 0 Å². The van der Waals surface area contributed by atoms with E-state index in [1.54, 1.807) is 11.8 Å². The third-order valence-electron chi connectivity index (χ3n) is 3.50. The highest BCUT2D eigenvalue weighted by atomic mass is 32.2. The highest BCUT2D eigenvalue weighted by Gasteiger charge is 2.33. The van der Waals surface area contributed by atoms with E-state index in [2.05, 4.69) is 31.2 Å². The molecule has 104 valence electrons. The highest BCUT2D eigenvalue weighted by molar-refractivity contribution is 7.99. The second kappa shape index (κ2) is 6.14. The molecule has 2 aromatic rings. The van der Waals surface area contributed by atoms with Crippen LogP contribution in [0.25, 0.3) is 0 Å². The zero-order valence-corrected chi connectivity index (χ0v) is 12.6. The van der Waals surface area contributed by atoms with Crippen LogP contribution in [0.5, 0.6) is 0 Å². The van der Waals surface area contributed by atoms with Gasteiger partial charge in [-0.05, 0) is 31.5 Å². The molecule has 0 spiro atoms. The Morgan fingerprint density at radius 1 is 1.10 bits per heavy atom. The van der Waals surface area contributed by atoms with Gasteiger partial charge in [0.15, 0.2) is 0 Å². The molecule has 0 aliphatic rings. The highest BCUT2D eigenvalue weighted by Crippen LogP contribution is 2.31. The molecule has 0 bridgehead atoms.